The van der Waals surface area contributed by atoms with Crippen molar-refractivity contribution >= 4 is 5.69 Å². The zero-order valence-electron chi connectivity index (χ0n) is 19.7. The van der Waals surface area contributed by atoms with Crippen LogP contribution >= 0.6 is 0 Å². The third-order valence-electron chi connectivity index (χ3n) is 4.74. The van der Waals surface area contributed by atoms with Crippen LogP contribution < -0.4 is 0 Å². The molecule has 5 nitrogen and oxygen atoms in total. The van der Waals surface area contributed by atoms with Gasteiger partial charge in [0.2, 0.25) is 0 Å². The van der Waals surface area contributed by atoms with Crippen molar-refractivity contribution in [2.75, 3.05) is 7.11 Å². The number of hydrogen-bond acceptors (Lipinski definition) is 3. The monoisotopic (exact) mass is 404 g/mol. The minimum absolute atomic E-state index is 0.00917. The fourth-order valence-electron chi connectivity index (χ4n) is 2.78. The molecule has 0 fully saturated rings. The highest BCUT2D eigenvalue weighted by Gasteiger charge is 2.33. The van der Waals surface area contributed by atoms with Gasteiger partial charge < -0.3 is 9.30 Å². The van der Waals surface area contributed by atoms with Gasteiger partial charge >= 0.3 is 0 Å². The van der Waals surface area contributed by atoms with Crippen LogP contribution in [0.4, 0.5) is 5.69 Å². The lowest BCUT2D eigenvalue weighted by molar-refractivity contribution is -0.384. The van der Waals surface area contributed by atoms with Crippen LogP contribution in [0.3, 0.4) is 0 Å². The third-order valence-corrected chi connectivity index (χ3v) is 4.74. The van der Waals surface area contributed by atoms with Gasteiger partial charge in [0.05, 0.1) is 23.3 Å². The van der Waals surface area contributed by atoms with E-state index in [2.05, 4.69) is 39.8 Å². The van der Waals surface area contributed by atoms with Crippen LogP contribution in [0, 0.1) is 15.5 Å². The standard InChI is InChI=1S/C14H14N2O3.C6H14.2C2H6/c1-19-13-8-10-4-2-3-5-12(10)14(13)15-7-6-11(9-15)16(17)18;1-5-6(2,3)4;2*1-2/h2-7,9,13-14H,8H2,1H3;5H2,1-4H3;2*1-2H3/t13-,14+;;;/m1.../s1. The summed E-state index contributed by atoms with van der Waals surface area (Å²) >= 11 is 0. The second kappa shape index (κ2) is 13.2. The van der Waals surface area contributed by atoms with E-state index in [4.69, 9.17) is 4.74 Å². The van der Waals surface area contributed by atoms with Crippen molar-refractivity contribution in [3.8, 4) is 0 Å². The quantitative estimate of drug-likeness (QED) is 0.407. The van der Waals surface area contributed by atoms with Crippen molar-refractivity contribution in [3.05, 3.63) is 64.0 Å². The Morgan fingerprint density at radius 3 is 2.14 bits per heavy atom. The van der Waals surface area contributed by atoms with Gasteiger partial charge in [-0.2, -0.15) is 0 Å². The number of aromatic nitrogens is 1. The van der Waals surface area contributed by atoms with Gasteiger partial charge in [-0.3, -0.25) is 10.1 Å². The largest absolute Gasteiger partial charge is 0.379 e. The Hall–Kier alpha value is -2.14. The van der Waals surface area contributed by atoms with E-state index in [0.29, 0.717) is 5.41 Å². The van der Waals surface area contributed by atoms with E-state index >= 15 is 0 Å². The van der Waals surface area contributed by atoms with E-state index in [1.54, 1.807) is 19.5 Å². The molecule has 0 saturated heterocycles. The molecule has 0 unspecified atom stereocenters. The molecule has 0 bridgehead atoms. The fraction of sp³-hybridized carbons (Fsp3) is 0.583. The molecule has 0 aliphatic heterocycles. The lowest BCUT2D eigenvalue weighted by atomic mass is 9.94. The molecule has 2 aromatic rings. The van der Waals surface area contributed by atoms with E-state index in [-0.39, 0.29) is 22.8 Å². The van der Waals surface area contributed by atoms with Crippen molar-refractivity contribution in [3.63, 3.8) is 0 Å². The minimum Gasteiger partial charge on any atom is -0.379 e. The first-order chi connectivity index (χ1) is 13.8. The molecule has 1 aromatic carbocycles. The number of methoxy groups -OCH3 is 1. The summed E-state index contributed by atoms with van der Waals surface area (Å²) in [7, 11) is 1.68. The van der Waals surface area contributed by atoms with Crippen molar-refractivity contribution in [2.45, 2.75) is 80.4 Å². The second-order valence-electron chi connectivity index (χ2n) is 7.61. The molecule has 1 aliphatic rings. The zero-order valence-corrected chi connectivity index (χ0v) is 19.7. The molecule has 0 N–H and O–H groups in total. The Labute approximate surface area is 177 Å². The predicted octanol–water partition coefficient (Wildman–Crippen LogP) is 7.05. The van der Waals surface area contributed by atoms with Crippen LogP contribution in [-0.2, 0) is 11.2 Å². The number of nitro groups is 1. The average Bonchev–Trinajstić information content (AvgIpc) is 3.35. The summed E-state index contributed by atoms with van der Waals surface area (Å²) in [4.78, 5) is 10.4. The number of rotatable bonds is 3. The summed E-state index contributed by atoms with van der Waals surface area (Å²) in [5, 5.41) is 10.8. The van der Waals surface area contributed by atoms with Crippen LogP contribution in [0.15, 0.2) is 42.7 Å². The average molecular weight is 405 g/mol. The molecule has 2 atom stereocenters. The van der Waals surface area contributed by atoms with Gasteiger partial charge in [-0.05, 0) is 16.5 Å². The molecule has 0 radical (unpaired) electrons. The number of ether oxygens (including phenoxy) is 1. The fourth-order valence-corrected chi connectivity index (χ4v) is 2.78. The first-order valence-corrected chi connectivity index (χ1v) is 10.7. The molecule has 3 rings (SSSR count). The lowest BCUT2D eigenvalue weighted by Crippen LogP contribution is -2.22. The van der Waals surface area contributed by atoms with E-state index < -0.39 is 0 Å². The molecule has 5 heteroatoms. The molecule has 1 aromatic heterocycles. The van der Waals surface area contributed by atoms with Crippen LogP contribution in [-0.4, -0.2) is 22.7 Å². The first kappa shape index (κ1) is 26.9. The maximum Gasteiger partial charge on any atom is 0.286 e. The topological polar surface area (TPSA) is 57.3 Å². The number of hydrogen-bond donors (Lipinski definition) is 0. The summed E-state index contributed by atoms with van der Waals surface area (Å²) in [6, 6.07) is 9.67. The van der Waals surface area contributed by atoms with Gasteiger partial charge in [-0.25, -0.2) is 0 Å². The normalized spacial score (nSPS) is 16.9. The van der Waals surface area contributed by atoms with Crippen LogP contribution in [0.2, 0.25) is 0 Å². The van der Waals surface area contributed by atoms with Crippen molar-refractivity contribution in [1.82, 2.24) is 4.57 Å². The van der Waals surface area contributed by atoms with E-state index in [1.807, 2.05) is 44.4 Å². The highest BCUT2D eigenvalue weighted by Crippen LogP contribution is 2.36. The third kappa shape index (κ3) is 8.01. The van der Waals surface area contributed by atoms with Gasteiger partial charge in [0, 0.05) is 25.8 Å². The number of fused-ring (bicyclic) bond motifs is 1. The van der Waals surface area contributed by atoms with Gasteiger partial charge in [-0.1, -0.05) is 86.1 Å². The zero-order chi connectivity index (χ0) is 22.6. The maximum atomic E-state index is 10.8. The van der Waals surface area contributed by atoms with Gasteiger partial charge in [-0.15, -0.1) is 0 Å². The molecule has 1 heterocycles. The van der Waals surface area contributed by atoms with Crippen molar-refractivity contribution in [1.29, 1.82) is 0 Å². The minimum atomic E-state index is -0.376. The highest BCUT2D eigenvalue weighted by molar-refractivity contribution is 5.39. The molecular weight excluding hydrogens is 364 g/mol. The van der Waals surface area contributed by atoms with Crippen molar-refractivity contribution in [2.24, 2.45) is 5.41 Å². The predicted molar refractivity (Wildman–Crippen MR) is 123 cm³/mol. The molecular formula is C24H40N2O3. The summed E-state index contributed by atoms with van der Waals surface area (Å²) in [5.41, 5.74) is 3.08. The summed E-state index contributed by atoms with van der Waals surface area (Å²) in [5.74, 6) is 0. The maximum absolute atomic E-state index is 10.8. The Bertz CT molecular complexity index is 717. The lowest BCUT2D eigenvalue weighted by Gasteiger charge is -2.20. The van der Waals surface area contributed by atoms with Gasteiger partial charge in [0.1, 0.15) is 0 Å². The summed E-state index contributed by atoms with van der Waals surface area (Å²) in [6.45, 7) is 16.9. The van der Waals surface area contributed by atoms with E-state index in [1.165, 1.54) is 23.6 Å². The van der Waals surface area contributed by atoms with E-state index in [0.717, 1.165) is 6.42 Å². The molecule has 0 saturated carbocycles. The Morgan fingerprint density at radius 1 is 1.14 bits per heavy atom. The smallest absolute Gasteiger partial charge is 0.286 e. The Balaban J connectivity index is 0.000000670. The van der Waals surface area contributed by atoms with Gasteiger partial charge in [0.25, 0.3) is 5.69 Å². The van der Waals surface area contributed by atoms with Crippen LogP contribution in [0.1, 0.15) is 79.0 Å². The molecule has 29 heavy (non-hydrogen) atoms. The molecule has 1 aliphatic carbocycles. The first-order valence-electron chi connectivity index (χ1n) is 10.7. The SMILES string of the molecule is CC.CC.CCC(C)(C)C.CO[C@@H]1Cc2ccccc2[C@@H]1n1ccc([N+](=O)[O-])c1. The number of nitrogens with zero attached hydrogens (tertiary/aromatic N) is 2. The molecule has 0 amide bonds. The molecule has 0 spiro atoms. The molecule has 164 valence electrons. The number of benzene rings is 1. The Kier molecular flexibility index (Phi) is 12.2. The highest BCUT2D eigenvalue weighted by atomic mass is 16.6. The van der Waals surface area contributed by atoms with Crippen LogP contribution in [0.25, 0.3) is 0 Å². The van der Waals surface area contributed by atoms with Crippen molar-refractivity contribution < 1.29 is 9.66 Å². The van der Waals surface area contributed by atoms with E-state index in [9.17, 15) is 10.1 Å². The summed E-state index contributed by atoms with van der Waals surface area (Å²) in [6.07, 6.45) is 5.44. The van der Waals surface area contributed by atoms with Gasteiger partial charge in [0.15, 0.2) is 0 Å². The second-order valence-corrected chi connectivity index (χ2v) is 7.61. The summed E-state index contributed by atoms with van der Waals surface area (Å²) < 4.78 is 7.41. The van der Waals surface area contributed by atoms with Crippen LogP contribution in [0.5, 0.6) is 0 Å². The Morgan fingerprint density at radius 2 is 1.69 bits per heavy atom.